The van der Waals surface area contributed by atoms with Crippen LogP contribution in [0.15, 0.2) is 53.4 Å². The van der Waals surface area contributed by atoms with Crippen molar-refractivity contribution in [3.05, 3.63) is 64.1 Å². The average Bonchev–Trinajstić information content (AvgIpc) is 2.48. The van der Waals surface area contributed by atoms with Crippen LogP contribution in [0.1, 0.15) is 5.56 Å². The van der Waals surface area contributed by atoms with Crippen molar-refractivity contribution >= 4 is 35.0 Å². The van der Waals surface area contributed by atoms with Gasteiger partial charge in [-0.1, -0.05) is 41.4 Å². The molecule has 0 aliphatic heterocycles. The lowest BCUT2D eigenvalue weighted by molar-refractivity contribution is 0.617. The van der Waals surface area contributed by atoms with Crippen molar-refractivity contribution in [3.63, 3.8) is 0 Å². The fourth-order valence-corrected chi connectivity index (χ4v) is 3.34. The number of hydrogen-bond acceptors (Lipinski definition) is 2. The number of likely N-dealkylation sites (N-methyl/N-ethyl adjacent to an activating group) is 1. The molecule has 1 atom stereocenters. The Bertz CT molecular complexity index is 545. The van der Waals surface area contributed by atoms with Gasteiger partial charge in [0.25, 0.3) is 0 Å². The van der Waals surface area contributed by atoms with E-state index in [-0.39, 0.29) is 0 Å². The quantitative estimate of drug-likeness (QED) is 0.757. The molecule has 106 valence electrons. The van der Waals surface area contributed by atoms with E-state index in [0.29, 0.717) is 6.04 Å². The third-order valence-corrected chi connectivity index (χ3v) is 4.86. The van der Waals surface area contributed by atoms with Crippen LogP contribution in [-0.2, 0) is 6.42 Å². The molecule has 1 unspecified atom stereocenters. The summed E-state index contributed by atoms with van der Waals surface area (Å²) in [7, 11) is 1.98. The summed E-state index contributed by atoms with van der Waals surface area (Å²) in [6, 6.07) is 16.4. The minimum absolute atomic E-state index is 0.358. The third-order valence-electron chi connectivity index (χ3n) is 3.08. The lowest BCUT2D eigenvalue weighted by Gasteiger charge is -2.17. The molecule has 0 radical (unpaired) electrons. The Hall–Kier alpha value is -0.670. The lowest BCUT2D eigenvalue weighted by atomic mass is 10.1. The molecular weight excluding hydrogens is 309 g/mol. The maximum absolute atomic E-state index is 6.22. The highest BCUT2D eigenvalue weighted by molar-refractivity contribution is 7.99. The van der Waals surface area contributed by atoms with E-state index >= 15 is 0 Å². The van der Waals surface area contributed by atoms with Gasteiger partial charge in [0, 0.05) is 26.7 Å². The topological polar surface area (TPSA) is 12.0 Å². The predicted molar refractivity (Wildman–Crippen MR) is 90.2 cm³/mol. The van der Waals surface area contributed by atoms with Crippen LogP contribution in [-0.4, -0.2) is 18.8 Å². The van der Waals surface area contributed by atoms with Crippen LogP contribution in [0.4, 0.5) is 0 Å². The van der Waals surface area contributed by atoms with Gasteiger partial charge < -0.3 is 5.32 Å². The highest BCUT2D eigenvalue weighted by atomic mass is 35.5. The van der Waals surface area contributed by atoms with Gasteiger partial charge in [-0.15, -0.1) is 11.8 Å². The van der Waals surface area contributed by atoms with E-state index in [0.717, 1.165) is 27.8 Å². The van der Waals surface area contributed by atoms with Gasteiger partial charge in [0.15, 0.2) is 0 Å². The van der Waals surface area contributed by atoms with Crippen molar-refractivity contribution in [2.75, 3.05) is 12.8 Å². The largest absolute Gasteiger partial charge is 0.316 e. The Kier molecular flexibility index (Phi) is 6.24. The molecule has 1 nitrogen and oxygen atoms in total. The summed E-state index contributed by atoms with van der Waals surface area (Å²) in [6.45, 7) is 0. The number of hydrogen-bond donors (Lipinski definition) is 1. The summed E-state index contributed by atoms with van der Waals surface area (Å²) < 4.78 is 0. The zero-order chi connectivity index (χ0) is 14.4. The van der Waals surface area contributed by atoms with E-state index in [1.165, 1.54) is 4.90 Å². The van der Waals surface area contributed by atoms with E-state index in [9.17, 15) is 0 Å². The minimum Gasteiger partial charge on any atom is -0.316 e. The van der Waals surface area contributed by atoms with E-state index in [1.54, 1.807) is 0 Å². The van der Waals surface area contributed by atoms with Gasteiger partial charge in [0.1, 0.15) is 0 Å². The predicted octanol–water partition coefficient (Wildman–Crippen LogP) is 4.92. The van der Waals surface area contributed by atoms with Gasteiger partial charge >= 0.3 is 0 Å². The first kappa shape index (κ1) is 15.7. The Balaban J connectivity index is 1.97. The summed E-state index contributed by atoms with van der Waals surface area (Å²) in [4.78, 5) is 1.28. The van der Waals surface area contributed by atoms with Crippen LogP contribution in [0, 0.1) is 0 Å². The fraction of sp³-hybridized carbons (Fsp3) is 0.250. The van der Waals surface area contributed by atoms with Crippen LogP contribution < -0.4 is 5.32 Å². The Morgan fingerprint density at radius 3 is 2.55 bits per heavy atom. The first-order chi connectivity index (χ1) is 9.69. The minimum atomic E-state index is 0.358. The van der Waals surface area contributed by atoms with Crippen LogP contribution in [0.25, 0.3) is 0 Å². The molecule has 0 saturated carbocycles. The van der Waals surface area contributed by atoms with Crippen molar-refractivity contribution in [1.82, 2.24) is 5.32 Å². The Morgan fingerprint density at radius 1 is 1.10 bits per heavy atom. The second kappa shape index (κ2) is 7.94. The molecule has 2 aromatic rings. The molecule has 0 amide bonds. The normalized spacial score (nSPS) is 12.3. The summed E-state index contributed by atoms with van der Waals surface area (Å²) in [5, 5.41) is 4.85. The fourth-order valence-electron chi connectivity index (χ4n) is 1.92. The molecule has 4 heteroatoms. The molecule has 20 heavy (non-hydrogen) atoms. The van der Waals surface area contributed by atoms with Gasteiger partial charge in [-0.25, -0.2) is 0 Å². The summed E-state index contributed by atoms with van der Waals surface area (Å²) >= 11 is 14.1. The first-order valence-electron chi connectivity index (χ1n) is 6.48. The van der Waals surface area contributed by atoms with Gasteiger partial charge in [0.05, 0.1) is 0 Å². The van der Waals surface area contributed by atoms with Crippen LogP contribution in [0.2, 0.25) is 10.0 Å². The van der Waals surface area contributed by atoms with Crippen molar-refractivity contribution in [3.8, 4) is 0 Å². The summed E-state index contributed by atoms with van der Waals surface area (Å²) in [5.74, 6) is 0.989. The summed E-state index contributed by atoms with van der Waals surface area (Å²) in [6.07, 6.45) is 0.871. The Labute approximate surface area is 134 Å². The zero-order valence-electron chi connectivity index (χ0n) is 11.3. The van der Waals surface area contributed by atoms with Gasteiger partial charge in [0.2, 0.25) is 0 Å². The van der Waals surface area contributed by atoms with E-state index in [2.05, 4.69) is 29.6 Å². The molecule has 1 N–H and O–H groups in total. The van der Waals surface area contributed by atoms with Gasteiger partial charge in [-0.05, 0) is 49.4 Å². The van der Waals surface area contributed by atoms with Crippen LogP contribution in [0.5, 0.6) is 0 Å². The highest BCUT2D eigenvalue weighted by Gasteiger charge is 2.11. The van der Waals surface area contributed by atoms with Gasteiger partial charge in [-0.3, -0.25) is 0 Å². The van der Waals surface area contributed by atoms with E-state index < -0.39 is 0 Å². The molecular formula is C16H17Cl2NS. The average molecular weight is 326 g/mol. The standard InChI is InChI=1S/C16H17Cl2NS/c1-19-14(11-20-15-5-3-2-4-6-15)10-12-9-13(17)7-8-16(12)18/h2-9,14,19H,10-11H2,1H3. The molecule has 0 aliphatic rings. The van der Waals surface area contributed by atoms with Crippen molar-refractivity contribution in [2.24, 2.45) is 0 Å². The smallest absolute Gasteiger partial charge is 0.0439 e. The van der Waals surface area contributed by atoms with Gasteiger partial charge in [-0.2, -0.15) is 0 Å². The zero-order valence-corrected chi connectivity index (χ0v) is 13.6. The molecule has 0 aromatic heterocycles. The number of rotatable bonds is 6. The van der Waals surface area contributed by atoms with Crippen molar-refractivity contribution < 1.29 is 0 Å². The maximum atomic E-state index is 6.22. The number of nitrogens with one attached hydrogen (secondary N) is 1. The number of benzene rings is 2. The molecule has 0 saturated heterocycles. The number of halogens is 2. The maximum Gasteiger partial charge on any atom is 0.0439 e. The van der Waals surface area contributed by atoms with Crippen LogP contribution >= 0.6 is 35.0 Å². The molecule has 0 fully saturated rings. The van der Waals surface area contributed by atoms with E-state index in [4.69, 9.17) is 23.2 Å². The molecule has 0 spiro atoms. The Morgan fingerprint density at radius 2 is 1.85 bits per heavy atom. The first-order valence-corrected chi connectivity index (χ1v) is 8.22. The third kappa shape index (κ3) is 4.71. The SMILES string of the molecule is CNC(CSc1ccccc1)Cc1cc(Cl)ccc1Cl. The molecule has 0 aliphatic carbocycles. The summed E-state index contributed by atoms with van der Waals surface area (Å²) in [5.41, 5.74) is 1.09. The number of thioether (sulfide) groups is 1. The molecule has 0 bridgehead atoms. The highest BCUT2D eigenvalue weighted by Crippen LogP contribution is 2.24. The van der Waals surface area contributed by atoms with Crippen molar-refractivity contribution in [1.29, 1.82) is 0 Å². The second-order valence-corrected chi connectivity index (χ2v) is 6.49. The molecule has 2 rings (SSSR count). The molecule has 2 aromatic carbocycles. The van der Waals surface area contributed by atoms with Crippen LogP contribution in [0.3, 0.4) is 0 Å². The van der Waals surface area contributed by atoms with Crippen molar-refractivity contribution in [2.45, 2.75) is 17.4 Å². The monoisotopic (exact) mass is 325 g/mol. The molecule has 0 heterocycles. The van der Waals surface area contributed by atoms with E-state index in [1.807, 2.05) is 43.1 Å². The lowest BCUT2D eigenvalue weighted by Crippen LogP contribution is -2.30. The second-order valence-electron chi connectivity index (χ2n) is 4.55.